The SMILES string of the molecule is CCOc1ccc(CCC(=O)N2CC(C(=O)OC)C(c3ccsc3)C2)cc1. The monoisotopic (exact) mass is 387 g/mol. The minimum absolute atomic E-state index is 0.0122. The average molecular weight is 388 g/mol. The summed E-state index contributed by atoms with van der Waals surface area (Å²) in [6, 6.07) is 9.87. The molecule has 1 saturated heterocycles. The molecule has 1 amide bonds. The Kier molecular flexibility index (Phi) is 6.50. The second kappa shape index (κ2) is 9.04. The van der Waals surface area contributed by atoms with Gasteiger partial charge in [0.1, 0.15) is 5.75 Å². The summed E-state index contributed by atoms with van der Waals surface area (Å²) in [5.74, 6) is 0.396. The lowest BCUT2D eigenvalue weighted by Crippen LogP contribution is -2.30. The summed E-state index contributed by atoms with van der Waals surface area (Å²) in [7, 11) is 1.41. The van der Waals surface area contributed by atoms with Crippen molar-refractivity contribution < 1.29 is 19.1 Å². The van der Waals surface area contributed by atoms with Gasteiger partial charge in [0.2, 0.25) is 5.91 Å². The Bertz CT molecular complexity index is 757. The Labute approximate surface area is 163 Å². The molecule has 1 aromatic heterocycles. The molecule has 2 aromatic rings. The van der Waals surface area contributed by atoms with E-state index in [2.05, 4.69) is 5.38 Å². The number of carbonyl (C=O) groups is 2. The molecule has 0 N–H and O–H groups in total. The van der Waals surface area contributed by atoms with Crippen LogP contribution < -0.4 is 4.74 Å². The number of likely N-dealkylation sites (tertiary alicyclic amines) is 1. The van der Waals surface area contributed by atoms with Crippen LogP contribution in [0.15, 0.2) is 41.1 Å². The first-order valence-electron chi connectivity index (χ1n) is 9.21. The Morgan fingerprint density at radius 1 is 1.19 bits per heavy atom. The van der Waals surface area contributed by atoms with E-state index >= 15 is 0 Å². The second-order valence-corrected chi connectivity index (χ2v) is 7.45. The fourth-order valence-electron chi connectivity index (χ4n) is 3.55. The number of methoxy groups -OCH3 is 1. The van der Waals surface area contributed by atoms with E-state index in [1.807, 2.05) is 42.6 Å². The maximum Gasteiger partial charge on any atom is 0.311 e. The predicted octanol–water partition coefficient (Wildman–Crippen LogP) is 3.49. The Hall–Kier alpha value is -2.34. The van der Waals surface area contributed by atoms with Gasteiger partial charge in [0.05, 0.1) is 19.6 Å². The lowest BCUT2D eigenvalue weighted by molar-refractivity contribution is -0.145. The molecule has 1 fully saturated rings. The van der Waals surface area contributed by atoms with Gasteiger partial charge in [0, 0.05) is 25.4 Å². The molecular weight excluding hydrogens is 362 g/mol. The molecule has 2 unspecified atom stereocenters. The van der Waals surface area contributed by atoms with Crippen LogP contribution in [0.1, 0.15) is 30.4 Å². The first-order valence-corrected chi connectivity index (χ1v) is 10.2. The molecule has 2 atom stereocenters. The average Bonchev–Trinajstić information content (AvgIpc) is 3.36. The molecule has 0 spiro atoms. The molecule has 1 aromatic carbocycles. The van der Waals surface area contributed by atoms with Gasteiger partial charge in [-0.3, -0.25) is 9.59 Å². The van der Waals surface area contributed by atoms with E-state index in [-0.39, 0.29) is 23.7 Å². The van der Waals surface area contributed by atoms with Gasteiger partial charge < -0.3 is 14.4 Å². The highest BCUT2D eigenvalue weighted by Gasteiger charge is 2.40. The van der Waals surface area contributed by atoms with E-state index in [1.54, 1.807) is 16.2 Å². The van der Waals surface area contributed by atoms with E-state index < -0.39 is 0 Å². The van der Waals surface area contributed by atoms with E-state index in [9.17, 15) is 9.59 Å². The zero-order valence-electron chi connectivity index (χ0n) is 15.7. The van der Waals surface area contributed by atoms with Crippen molar-refractivity contribution in [2.24, 2.45) is 5.92 Å². The van der Waals surface area contributed by atoms with Gasteiger partial charge >= 0.3 is 5.97 Å². The van der Waals surface area contributed by atoms with Crippen LogP contribution in [0.3, 0.4) is 0 Å². The number of ether oxygens (including phenoxy) is 2. The molecule has 0 bridgehead atoms. The molecule has 1 aliphatic rings. The van der Waals surface area contributed by atoms with Crippen molar-refractivity contribution >= 4 is 23.2 Å². The van der Waals surface area contributed by atoms with Crippen LogP contribution in [0.2, 0.25) is 0 Å². The number of amides is 1. The molecule has 27 heavy (non-hydrogen) atoms. The number of nitrogens with zero attached hydrogens (tertiary/aromatic N) is 1. The highest BCUT2D eigenvalue weighted by molar-refractivity contribution is 7.08. The summed E-state index contributed by atoms with van der Waals surface area (Å²) in [6.07, 6.45) is 1.10. The zero-order valence-corrected chi connectivity index (χ0v) is 16.5. The Morgan fingerprint density at radius 2 is 1.96 bits per heavy atom. The smallest absolute Gasteiger partial charge is 0.311 e. The topological polar surface area (TPSA) is 55.8 Å². The number of benzene rings is 1. The van der Waals surface area contributed by atoms with Crippen LogP contribution >= 0.6 is 11.3 Å². The lowest BCUT2D eigenvalue weighted by atomic mass is 9.91. The number of thiophene rings is 1. The lowest BCUT2D eigenvalue weighted by Gasteiger charge is -2.16. The number of aryl methyl sites for hydroxylation is 1. The van der Waals surface area contributed by atoms with Crippen molar-refractivity contribution in [3.8, 4) is 5.75 Å². The quantitative estimate of drug-likeness (QED) is 0.683. The molecule has 0 aliphatic carbocycles. The van der Waals surface area contributed by atoms with Crippen molar-refractivity contribution in [1.82, 2.24) is 4.90 Å². The fourth-order valence-corrected chi connectivity index (χ4v) is 4.27. The summed E-state index contributed by atoms with van der Waals surface area (Å²) in [5.41, 5.74) is 2.21. The molecule has 5 nitrogen and oxygen atoms in total. The zero-order chi connectivity index (χ0) is 19.2. The van der Waals surface area contributed by atoms with E-state index in [1.165, 1.54) is 7.11 Å². The molecule has 144 valence electrons. The van der Waals surface area contributed by atoms with Crippen molar-refractivity contribution in [2.75, 3.05) is 26.8 Å². The molecule has 6 heteroatoms. The molecule has 0 saturated carbocycles. The van der Waals surface area contributed by atoms with Crippen LogP contribution in [0.5, 0.6) is 5.75 Å². The molecule has 0 radical (unpaired) electrons. The van der Waals surface area contributed by atoms with Crippen molar-refractivity contribution in [3.05, 3.63) is 52.2 Å². The van der Waals surface area contributed by atoms with Gasteiger partial charge in [0.15, 0.2) is 0 Å². The summed E-state index contributed by atoms with van der Waals surface area (Å²) in [5, 5.41) is 4.05. The van der Waals surface area contributed by atoms with Crippen LogP contribution in [0.4, 0.5) is 0 Å². The predicted molar refractivity (Wildman–Crippen MR) is 105 cm³/mol. The molecule has 2 heterocycles. The van der Waals surface area contributed by atoms with Gasteiger partial charge in [-0.1, -0.05) is 12.1 Å². The standard InChI is InChI=1S/C21H25NO4S/c1-3-26-17-7-4-15(5-8-17)6-9-20(23)22-12-18(16-10-11-27-14-16)19(13-22)21(24)25-2/h4-5,7-8,10-11,14,18-19H,3,6,9,12-13H2,1-2H3. The third-order valence-electron chi connectivity index (χ3n) is 5.01. The minimum atomic E-state index is -0.293. The van der Waals surface area contributed by atoms with Crippen molar-refractivity contribution in [2.45, 2.75) is 25.7 Å². The highest BCUT2D eigenvalue weighted by Crippen LogP contribution is 2.35. The van der Waals surface area contributed by atoms with E-state index in [4.69, 9.17) is 9.47 Å². The molecule has 3 rings (SSSR count). The van der Waals surface area contributed by atoms with Crippen LogP contribution in [0, 0.1) is 5.92 Å². The summed E-state index contributed by atoms with van der Waals surface area (Å²) >= 11 is 1.60. The van der Waals surface area contributed by atoms with Crippen LogP contribution in [0.25, 0.3) is 0 Å². The minimum Gasteiger partial charge on any atom is -0.494 e. The maximum absolute atomic E-state index is 12.7. The largest absolute Gasteiger partial charge is 0.494 e. The van der Waals surface area contributed by atoms with E-state index in [0.717, 1.165) is 16.9 Å². The number of carbonyl (C=O) groups excluding carboxylic acids is 2. The van der Waals surface area contributed by atoms with Crippen molar-refractivity contribution in [1.29, 1.82) is 0 Å². The summed E-state index contributed by atoms with van der Waals surface area (Å²) < 4.78 is 10.4. The first-order chi connectivity index (χ1) is 13.1. The number of esters is 1. The third-order valence-corrected chi connectivity index (χ3v) is 5.71. The first kappa shape index (κ1) is 19.4. The van der Waals surface area contributed by atoms with Gasteiger partial charge in [0.25, 0.3) is 0 Å². The van der Waals surface area contributed by atoms with Crippen molar-refractivity contribution in [3.63, 3.8) is 0 Å². The summed E-state index contributed by atoms with van der Waals surface area (Å²) in [4.78, 5) is 26.7. The number of rotatable bonds is 7. The third kappa shape index (κ3) is 4.69. The van der Waals surface area contributed by atoms with Gasteiger partial charge in [-0.05, 0) is 53.4 Å². The number of hydrogen-bond acceptors (Lipinski definition) is 5. The van der Waals surface area contributed by atoms with Gasteiger partial charge in [-0.15, -0.1) is 0 Å². The molecule has 1 aliphatic heterocycles. The Balaban J connectivity index is 1.60. The summed E-state index contributed by atoms with van der Waals surface area (Å²) in [6.45, 7) is 3.58. The normalized spacial score (nSPS) is 19.1. The van der Waals surface area contributed by atoms with Gasteiger partial charge in [-0.2, -0.15) is 11.3 Å². The number of hydrogen-bond donors (Lipinski definition) is 0. The van der Waals surface area contributed by atoms with Gasteiger partial charge in [-0.25, -0.2) is 0 Å². The molecular formula is C21H25NO4S. The van der Waals surface area contributed by atoms with E-state index in [0.29, 0.717) is 32.5 Å². The second-order valence-electron chi connectivity index (χ2n) is 6.67. The highest BCUT2D eigenvalue weighted by atomic mass is 32.1. The van der Waals surface area contributed by atoms with Crippen LogP contribution in [-0.4, -0.2) is 43.6 Å². The van der Waals surface area contributed by atoms with Crippen LogP contribution in [-0.2, 0) is 20.7 Å². The fraction of sp³-hybridized carbons (Fsp3) is 0.429. The Morgan fingerprint density at radius 3 is 2.59 bits per heavy atom. The maximum atomic E-state index is 12.7.